The summed E-state index contributed by atoms with van der Waals surface area (Å²) >= 11 is 0. The minimum Gasteiger partial charge on any atom is -0.445 e. The molecule has 3 aromatic carbocycles. The number of rotatable bonds is 13. The van der Waals surface area contributed by atoms with Crippen LogP contribution in [0.1, 0.15) is 25.0 Å². The third-order valence-corrected chi connectivity index (χ3v) is 8.43. The van der Waals surface area contributed by atoms with Gasteiger partial charge in [0.1, 0.15) is 12.0 Å². The van der Waals surface area contributed by atoms with Crippen molar-refractivity contribution >= 4 is 21.6 Å². The Bertz CT molecular complexity index is 1320. The molecule has 0 aromatic heterocycles. The van der Waals surface area contributed by atoms with Gasteiger partial charge in [0.25, 0.3) is 5.69 Å². The predicted octanol–water partition coefficient (Wildman–Crippen LogP) is 3.84. The zero-order valence-electron chi connectivity index (χ0n) is 21.8. The van der Waals surface area contributed by atoms with Gasteiger partial charge in [-0.1, -0.05) is 74.5 Å². The largest absolute Gasteiger partial charge is 0.445 e. The lowest BCUT2D eigenvalue weighted by Crippen LogP contribution is -2.52. The minimum absolute atomic E-state index is 0.0575. The maximum Gasteiger partial charge on any atom is 0.407 e. The number of carbonyl (C=O) groups is 1. The van der Waals surface area contributed by atoms with E-state index >= 15 is 0 Å². The smallest absolute Gasteiger partial charge is 0.407 e. The van der Waals surface area contributed by atoms with Crippen LogP contribution in [0.5, 0.6) is 0 Å². The highest BCUT2D eigenvalue weighted by Gasteiger charge is 2.32. The number of aliphatic hydroxyl groups is 1. The van der Waals surface area contributed by atoms with E-state index in [2.05, 4.69) is 10.6 Å². The van der Waals surface area contributed by atoms with E-state index in [0.29, 0.717) is 0 Å². The first-order valence-electron chi connectivity index (χ1n) is 12.5. The molecule has 0 aliphatic carbocycles. The minimum atomic E-state index is -3.94. The maximum absolute atomic E-state index is 13.3. The Kier molecular flexibility index (Phi) is 10.6. The van der Waals surface area contributed by atoms with Crippen LogP contribution in [0.2, 0.25) is 0 Å². The second-order valence-electron chi connectivity index (χ2n) is 9.44. The van der Waals surface area contributed by atoms with Gasteiger partial charge >= 0.3 is 6.09 Å². The van der Waals surface area contributed by atoms with Crippen LogP contribution >= 0.6 is 0 Å². The van der Waals surface area contributed by atoms with Gasteiger partial charge in [-0.05, 0) is 35.6 Å². The number of nitro benzene ring substituents is 1. The molecular formula is C28H33N3O7S. The molecule has 1 amide bonds. The van der Waals surface area contributed by atoms with Crippen molar-refractivity contribution in [1.29, 1.82) is 0 Å². The van der Waals surface area contributed by atoms with Gasteiger partial charge in [0.05, 0.1) is 22.0 Å². The Morgan fingerprint density at radius 2 is 1.51 bits per heavy atom. The van der Waals surface area contributed by atoms with E-state index in [1.54, 1.807) is 13.8 Å². The highest BCUT2D eigenvalue weighted by Crippen LogP contribution is 2.23. The predicted molar refractivity (Wildman–Crippen MR) is 147 cm³/mol. The molecule has 0 bridgehead atoms. The van der Waals surface area contributed by atoms with Crippen molar-refractivity contribution in [3.05, 3.63) is 106 Å². The number of nitrogens with one attached hydrogen (secondary N) is 2. The highest BCUT2D eigenvalue weighted by atomic mass is 32.2. The third kappa shape index (κ3) is 8.60. The van der Waals surface area contributed by atoms with Gasteiger partial charge in [0, 0.05) is 18.7 Å². The molecule has 3 aromatic rings. The topological polar surface area (TPSA) is 148 Å². The van der Waals surface area contributed by atoms with Crippen LogP contribution in [-0.4, -0.2) is 48.6 Å². The first-order valence-corrected chi connectivity index (χ1v) is 14.0. The van der Waals surface area contributed by atoms with E-state index in [1.807, 2.05) is 60.7 Å². The number of nitro groups is 1. The summed E-state index contributed by atoms with van der Waals surface area (Å²) in [5.74, 6) is -0.395. The van der Waals surface area contributed by atoms with Gasteiger partial charge in [0.15, 0.2) is 9.84 Å². The van der Waals surface area contributed by atoms with Gasteiger partial charge in [-0.25, -0.2) is 13.2 Å². The van der Waals surface area contributed by atoms with E-state index < -0.39 is 44.3 Å². The van der Waals surface area contributed by atoms with Crippen molar-refractivity contribution < 1.29 is 28.0 Å². The number of non-ortho nitro benzene ring substituents is 1. The molecule has 0 aliphatic rings. The van der Waals surface area contributed by atoms with Gasteiger partial charge in [-0.3, -0.25) is 15.4 Å². The summed E-state index contributed by atoms with van der Waals surface area (Å²) in [5, 5.41) is 26.6. The first kappa shape index (κ1) is 29.8. The fourth-order valence-corrected chi connectivity index (χ4v) is 5.90. The number of hydrogen-bond donors (Lipinski definition) is 3. The van der Waals surface area contributed by atoms with Gasteiger partial charge in [-0.15, -0.1) is 0 Å². The Balaban J connectivity index is 1.71. The Hall–Kier alpha value is -3.80. The molecule has 0 spiro atoms. The molecule has 39 heavy (non-hydrogen) atoms. The van der Waals surface area contributed by atoms with Crippen molar-refractivity contribution in [1.82, 2.24) is 10.6 Å². The van der Waals surface area contributed by atoms with E-state index in [9.17, 15) is 28.4 Å². The number of ether oxygens (including phenoxy) is 1. The molecule has 10 nitrogen and oxygen atoms in total. The number of aliphatic hydroxyl groups excluding tert-OH is 1. The van der Waals surface area contributed by atoms with Crippen molar-refractivity contribution in [2.75, 3.05) is 6.54 Å². The van der Waals surface area contributed by atoms with Crippen LogP contribution in [0, 0.1) is 16.0 Å². The number of sulfone groups is 1. The fraction of sp³-hybridized carbons (Fsp3) is 0.321. The quantitative estimate of drug-likeness (QED) is 0.213. The normalized spacial score (nSPS) is 13.8. The molecule has 208 valence electrons. The number of alkyl carbamates (subject to hydrolysis) is 1. The summed E-state index contributed by atoms with van der Waals surface area (Å²) in [5.41, 5.74) is 1.46. The SMILES string of the molecule is CC(C)C(NC[C@@H](O)C(Cc1ccccc1)NC(=O)OCc1ccccc1)S(=O)(=O)c1ccc([N+](=O)[O-])cc1. The summed E-state index contributed by atoms with van der Waals surface area (Å²) in [4.78, 5) is 22.8. The molecule has 3 N–H and O–H groups in total. The summed E-state index contributed by atoms with van der Waals surface area (Å²) in [6, 6.07) is 22.3. The van der Waals surface area contributed by atoms with Crippen LogP contribution in [0.15, 0.2) is 89.8 Å². The molecule has 3 atom stereocenters. The van der Waals surface area contributed by atoms with Gasteiger partial charge < -0.3 is 15.2 Å². The standard InChI is InChI=1S/C28H33N3O7S/c1-20(2)27(39(36,37)24-15-13-23(14-16-24)31(34)35)29-18-26(32)25(17-21-9-5-3-6-10-21)30-28(33)38-19-22-11-7-4-8-12-22/h3-16,20,25-27,29,32H,17-19H2,1-2H3,(H,30,33)/t25?,26-,27?/m1/s1. The Labute approximate surface area is 228 Å². The number of amides is 1. The zero-order valence-corrected chi connectivity index (χ0v) is 22.6. The molecule has 3 rings (SSSR count). The maximum atomic E-state index is 13.3. The van der Waals surface area contributed by atoms with Gasteiger partial charge in [-0.2, -0.15) is 0 Å². The lowest BCUT2D eigenvalue weighted by molar-refractivity contribution is -0.384. The molecule has 0 radical (unpaired) electrons. The second-order valence-corrected chi connectivity index (χ2v) is 11.5. The lowest BCUT2D eigenvalue weighted by atomic mass is 10.0. The van der Waals surface area contributed by atoms with Crippen molar-refractivity contribution in [2.24, 2.45) is 5.92 Å². The van der Waals surface area contributed by atoms with Crippen molar-refractivity contribution in [3.8, 4) is 0 Å². The molecule has 0 heterocycles. The Morgan fingerprint density at radius 1 is 0.949 bits per heavy atom. The van der Waals surface area contributed by atoms with E-state index in [4.69, 9.17) is 4.74 Å². The summed E-state index contributed by atoms with van der Waals surface area (Å²) in [6.45, 7) is 3.34. The fourth-order valence-electron chi connectivity index (χ4n) is 4.05. The van der Waals surface area contributed by atoms with Crippen molar-refractivity contribution in [2.45, 2.75) is 49.3 Å². The number of carbonyl (C=O) groups excluding carboxylic acids is 1. The third-order valence-electron chi connectivity index (χ3n) is 6.12. The van der Waals surface area contributed by atoms with Crippen LogP contribution in [-0.2, 0) is 27.6 Å². The summed E-state index contributed by atoms with van der Waals surface area (Å²) < 4.78 is 32.0. The van der Waals surface area contributed by atoms with Crippen LogP contribution in [0.4, 0.5) is 10.5 Å². The monoisotopic (exact) mass is 555 g/mol. The Morgan fingerprint density at radius 3 is 2.05 bits per heavy atom. The van der Waals surface area contributed by atoms with Crippen LogP contribution < -0.4 is 10.6 Å². The summed E-state index contributed by atoms with van der Waals surface area (Å²) in [6.07, 6.45) is -1.59. The molecule has 0 fully saturated rings. The number of nitrogens with zero attached hydrogens (tertiary/aromatic N) is 1. The molecule has 11 heteroatoms. The zero-order chi connectivity index (χ0) is 28.4. The lowest BCUT2D eigenvalue weighted by Gasteiger charge is -2.28. The molecular weight excluding hydrogens is 522 g/mol. The van der Waals surface area contributed by atoms with Gasteiger partial charge in [0.2, 0.25) is 0 Å². The molecule has 0 saturated carbocycles. The van der Waals surface area contributed by atoms with E-state index in [-0.39, 0.29) is 30.2 Å². The molecule has 0 saturated heterocycles. The van der Waals surface area contributed by atoms with E-state index in [0.717, 1.165) is 23.3 Å². The first-order chi connectivity index (χ1) is 18.6. The number of benzene rings is 3. The van der Waals surface area contributed by atoms with Crippen molar-refractivity contribution in [3.63, 3.8) is 0 Å². The summed E-state index contributed by atoms with van der Waals surface area (Å²) in [7, 11) is -3.94. The molecule has 2 unspecified atom stereocenters. The second kappa shape index (κ2) is 13.8. The van der Waals surface area contributed by atoms with Crippen LogP contribution in [0.25, 0.3) is 0 Å². The average Bonchev–Trinajstić information content (AvgIpc) is 2.92. The van der Waals surface area contributed by atoms with Crippen LogP contribution in [0.3, 0.4) is 0 Å². The highest BCUT2D eigenvalue weighted by molar-refractivity contribution is 7.92. The average molecular weight is 556 g/mol. The van der Waals surface area contributed by atoms with E-state index in [1.165, 1.54) is 12.1 Å². The molecule has 0 aliphatic heterocycles. The number of hydrogen-bond acceptors (Lipinski definition) is 8.